The van der Waals surface area contributed by atoms with Gasteiger partial charge in [0.15, 0.2) is 5.96 Å². The molecular formula is C17H27IN4O3S. The standard InChI is InChI=1S/C17H26N4O3S.HI/c1-18-17(20-8-10-21-9-2-12-25(21,22)23)19-7-5-14-3-4-16-15(13-14)6-11-24-16;/h3-4,13H,2,5-12H2,1H3,(H2,18,19,20);1H. The van der Waals surface area contributed by atoms with Crippen LogP contribution in [0.3, 0.4) is 0 Å². The minimum atomic E-state index is -3.03. The highest BCUT2D eigenvalue weighted by Gasteiger charge is 2.27. The summed E-state index contributed by atoms with van der Waals surface area (Å²) in [6.45, 7) is 3.20. The quantitative estimate of drug-likeness (QED) is 0.350. The number of halogens is 1. The highest BCUT2D eigenvalue weighted by atomic mass is 127. The summed E-state index contributed by atoms with van der Waals surface area (Å²) >= 11 is 0. The van der Waals surface area contributed by atoms with Crippen LogP contribution in [0.1, 0.15) is 17.5 Å². The van der Waals surface area contributed by atoms with E-state index in [-0.39, 0.29) is 29.7 Å². The van der Waals surface area contributed by atoms with Crippen LogP contribution in [-0.4, -0.2) is 64.3 Å². The van der Waals surface area contributed by atoms with Crippen LogP contribution >= 0.6 is 24.0 Å². The van der Waals surface area contributed by atoms with E-state index in [1.54, 1.807) is 11.4 Å². The molecule has 26 heavy (non-hydrogen) atoms. The fraction of sp³-hybridized carbons (Fsp3) is 0.588. The van der Waals surface area contributed by atoms with Gasteiger partial charge in [-0.25, -0.2) is 12.7 Å². The van der Waals surface area contributed by atoms with Crippen LogP contribution in [0.4, 0.5) is 0 Å². The molecule has 2 N–H and O–H groups in total. The molecule has 0 saturated carbocycles. The van der Waals surface area contributed by atoms with Crippen molar-refractivity contribution in [1.82, 2.24) is 14.9 Å². The van der Waals surface area contributed by atoms with Crippen molar-refractivity contribution in [3.63, 3.8) is 0 Å². The van der Waals surface area contributed by atoms with Crippen LogP contribution in [-0.2, 0) is 22.9 Å². The molecular weight excluding hydrogens is 467 g/mol. The van der Waals surface area contributed by atoms with Gasteiger partial charge in [0, 0.05) is 39.6 Å². The Morgan fingerprint density at radius 2 is 2.12 bits per heavy atom. The maximum atomic E-state index is 11.8. The monoisotopic (exact) mass is 494 g/mol. The van der Waals surface area contributed by atoms with E-state index in [4.69, 9.17) is 4.74 Å². The molecule has 1 saturated heterocycles. The fourth-order valence-electron chi connectivity index (χ4n) is 3.18. The van der Waals surface area contributed by atoms with Crippen molar-refractivity contribution in [2.45, 2.75) is 19.3 Å². The Kier molecular flexibility index (Phi) is 7.96. The van der Waals surface area contributed by atoms with E-state index in [9.17, 15) is 8.42 Å². The molecule has 0 unspecified atom stereocenters. The highest BCUT2D eigenvalue weighted by molar-refractivity contribution is 14.0. The number of ether oxygens (including phenoxy) is 1. The van der Waals surface area contributed by atoms with Gasteiger partial charge in [-0.2, -0.15) is 0 Å². The number of hydrogen-bond acceptors (Lipinski definition) is 4. The zero-order valence-electron chi connectivity index (χ0n) is 15.0. The van der Waals surface area contributed by atoms with Gasteiger partial charge >= 0.3 is 0 Å². The van der Waals surface area contributed by atoms with Crippen molar-refractivity contribution in [2.24, 2.45) is 4.99 Å². The summed E-state index contributed by atoms with van der Waals surface area (Å²) < 4.78 is 30.6. The van der Waals surface area contributed by atoms with E-state index in [1.807, 2.05) is 6.07 Å². The van der Waals surface area contributed by atoms with Crippen LogP contribution < -0.4 is 15.4 Å². The molecule has 1 aromatic carbocycles. The number of fused-ring (bicyclic) bond motifs is 1. The summed E-state index contributed by atoms with van der Waals surface area (Å²) in [6.07, 6.45) is 2.61. The molecule has 0 atom stereocenters. The van der Waals surface area contributed by atoms with E-state index in [1.165, 1.54) is 11.1 Å². The zero-order valence-corrected chi connectivity index (χ0v) is 18.2. The lowest BCUT2D eigenvalue weighted by Crippen LogP contribution is -2.42. The molecule has 0 bridgehead atoms. The second kappa shape index (κ2) is 9.75. The second-order valence-electron chi connectivity index (χ2n) is 6.28. The lowest BCUT2D eigenvalue weighted by Gasteiger charge is -2.16. The van der Waals surface area contributed by atoms with E-state index >= 15 is 0 Å². The Hall–Kier alpha value is -1.07. The lowest BCUT2D eigenvalue weighted by molar-refractivity contribution is 0.357. The molecule has 2 aliphatic heterocycles. The van der Waals surface area contributed by atoms with Crippen molar-refractivity contribution in [3.8, 4) is 5.75 Å². The summed E-state index contributed by atoms with van der Waals surface area (Å²) in [5.74, 6) is 1.97. The molecule has 9 heteroatoms. The van der Waals surface area contributed by atoms with Crippen molar-refractivity contribution >= 4 is 40.0 Å². The largest absolute Gasteiger partial charge is 0.493 e. The van der Waals surface area contributed by atoms with Gasteiger partial charge in [0.25, 0.3) is 0 Å². The topological polar surface area (TPSA) is 83.0 Å². The predicted octanol–water partition coefficient (Wildman–Crippen LogP) is 0.982. The minimum absolute atomic E-state index is 0. The summed E-state index contributed by atoms with van der Waals surface area (Å²) in [6, 6.07) is 6.35. The number of nitrogens with one attached hydrogen (secondary N) is 2. The summed E-state index contributed by atoms with van der Waals surface area (Å²) in [7, 11) is -1.31. The first-order valence-electron chi connectivity index (χ1n) is 8.75. The predicted molar refractivity (Wildman–Crippen MR) is 114 cm³/mol. The third kappa shape index (κ3) is 5.46. The molecule has 2 aliphatic rings. The molecule has 0 amide bonds. The molecule has 1 fully saturated rings. The lowest BCUT2D eigenvalue weighted by atomic mass is 10.1. The maximum absolute atomic E-state index is 11.8. The van der Waals surface area contributed by atoms with Crippen molar-refractivity contribution in [1.29, 1.82) is 0 Å². The van der Waals surface area contributed by atoms with Crippen molar-refractivity contribution in [2.75, 3.05) is 45.6 Å². The molecule has 0 aliphatic carbocycles. The van der Waals surface area contributed by atoms with Gasteiger partial charge in [-0.1, -0.05) is 12.1 Å². The first-order valence-corrected chi connectivity index (χ1v) is 10.4. The van der Waals surface area contributed by atoms with Crippen molar-refractivity contribution < 1.29 is 13.2 Å². The number of hydrogen-bond donors (Lipinski definition) is 2. The van der Waals surface area contributed by atoms with E-state index in [0.29, 0.717) is 25.6 Å². The van der Waals surface area contributed by atoms with Crippen LogP contribution in [0.25, 0.3) is 0 Å². The fourth-order valence-corrected chi connectivity index (χ4v) is 4.71. The number of nitrogens with zero attached hydrogens (tertiary/aromatic N) is 2. The van der Waals surface area contributed by atoms with Gasteiger partial charge in [-0.15, -0.1) is 24.0 Å². The SMILES string of the molecule is CN=C(NCCc1ccc2c(c1)CCO2)NCCN1CCCS1(=O)=O.I. The number of sulfonamides is 1. The second-order valence-corrected chi connectivity index (χ2v) is 8.37. The maximum Gasteiger partial charge on any atom is 0.214 e. The van der Waals surface area contributed by atoms with E-state index in [0.717, 1.165) is 38.2 Å². The van der Waals surface area contributed by atoms with Gasteiger partial charge in [-0.3, -0.25) is 4.99 Å². The first kappa shape index (κ1) is 21.2. The summed E-state index contributed by atoms with van der Waals surface area (Å²) in [5, 5.41) is 6.45. The van der Waals surface area contributed by atoms with Gasteiger partial charge < -0.3 is 15.4 Å². The van der Waals surface area contributed by atoms with Gasteiger partial charge in [0.1, 0.15) is 5.75 Å². The molecule has 7 nitrogen and oxygen atoms in total. The third-order valence-corrected chi connectivity index (χ3v) is 6.50. The molecule has 0 spiro atoms. The number of aliphatic imine (C=N–C) groups is 1. The Balaban J connectivity index is 0.00000243. The average Bonchev–Trinajstić information content (AvgIpc) is 3.19. The Morgan fingerprint density at radius 1 is 1.31 bits per heavy atom. The van der Waals surface area contributed by atoms with Crippen molar-refractivity contribution in [3.05, 3.63) is 29.3 Å². The van der Waals surface area contributed by atoms with E-state index in [2.05, 4.69) is 27.8 Å². The van der Waals surface area contributed by atoms with Gasteiger partial charge in [0.2, 0.25) is 10.0 Å². The Morgan fingerprint density at radius 3 is 2.85 bits per heavy atom. The molecule has 3 rings (SSSR count). The molecule has 146 valence electrons. The number of benzene rings is 1. The first-order chi connectivity index (χ1) is 12.1. The zero-order chi connectivity index (χ0) is 17.7. The summed E-state index contributed by atoms with van der Waals surface area (Å²) in [5.41, 5.74) is 2.56. The van der Waals surface area contributed by atoms with E-state index < -0.39 is 10.0 Å². The average molecular weight is 494 g/mol. The molecule has 0 radical (unpaired) electrons. The van der Waals surface area contributed by atoms with Gasteiger partial charge in [0.05, 0.1) is 12.4 Å². The molecule has 2 heterocycles. The number of guanidine groups is 1. The molecule has 0 aromatic heterocycles. The Labute approximate surface area is 172 Å². The normalized spacial score (nSPS) is 18.7. The van der Waals surface area contributed by atoms with Crippen LogP contribution in [0.5, 0.6) is 5.75 Å². The minimum Gasteiger partial charge on any atom is -0.493 e. The highest BCUT2D eigenvalue weighted by Crippen LogP contribution is 2.25. The number of rotatable bonds is 6. The van der Waals surface area contributed by atoms with Crippen LogP contribution in [0, 0.1) is 0 Å². The summed E-state index contributed by atoms with van der Waals surface area (Å²) in [4.78, 5) is 4.18. The van der Waals surface area contributed by atoms with Crippen LogP contribution in [0.2, 0.25) is 0 Å². The molecule has 1 aromatic rings. The van der Waals surface area contributed by atoms with Gasteiger partial charge in [-0.05, 0) is 30.0 Å². The smallest absolute Gasteiger partial charge is 0.214 e. The Bertz CT molecular complexity index is 740. The van der Waals surface area contributed by atoms with Crippen LogP contribution in [0.15, 0.2) is 23.2 Å². The third-order valence-electron chi connectivity index (χ3n) is 4.54.